The molecule has 3 rings (SSSR count). The third kappa shape index (κ3) is 3.43. The summed E-state index contributed by atoms with van der Waals surface area (Å²) in [6.07, 6.45) is 0.967. The lowest BCUT2D eigenvalue weighted by molar-refractivity contribution is 0.849. The Morgan fingerprint density at radius 3 is 2.45 bits per heavy atom. The number of hydrogen-bond donors (Lipinski definition) is 1. The first-order valence-corrected chi connectivity index (χ1v) is 8.23. The summed E-state index contributed by atoms with van der Waals surface area (Å²) in [5.74, 6) is 7.63. The van der Waals surface area contributed by atoms with E-state index in [-0.39, 0.29) is 0 Å². The van der Waals surface area contributed by atoms with Crippen LogP contribution in [0, 0.1) is 0 Å². The highest BCUT2D eigenvalue weighted by molar-refractivity contribution is 7.99. The summed E-state index contributed by atoms with van der Waals surface area (Å²) in [5.41, 5.74) is 2.20. The lowest BCUT2D eigenvalue weighted by Gasteiger charge is -2.04. The molecule has 0 spiro atoms. The van der Waals surface area contributed by atoms with Crippen LogP contribution in [0.1, 0.15) is 5.56 Å². The van der Waals surface area contributed by atoms with Crippen molar-refractivity contribution in [2.24, 2.45) is 0 Å². The average molecular weight is 331 g/mol. The van der Waals surface area contributed by atoms with Gasteiger partial charge in [0, 0.05) is 16.3 Å². The Bertz CT molecular complexity index is 741. The van der Waals surface area contributed by atoms with Crippen molar-refractivity contribution in [1.29, 1.82) is 0 Å². The van der Waals surface area contributed by atoms with Crippen LogP contribution in [0.5, 0.6) is 0 Å². The maximum Gasteiger partial charge on any atom is 0.210 e. The smallest absolute Gasteiger partial charge is 0.210 e. The van der Waals surface area contributed by atoms with E-state index in [4.69, 9.17) is 17.4 Å². The minimum atomic E-state index is 0.638. The summed E-state index contributed by atoms with van der Waals surface area (Å²) < 4.78 is 1.53. The third-order valence-corrected chi connectivity index (χ3v) is 4.43. The molecule has 2 N–H and O–H groups in total. The summed E-state index contributed by atoms with van der Waals surface area (Å²) in [6.45, 7) is 0. The van der Waals surface area contributed by atoms with E-state index in [0.29, 0.717) is 16.0 Å². The molecule has 3 aromatic rings. The van der Waals surface area contributed by atoms with Gasteiger partial charge in [0.2, 0.25) is 5.16 Å². The molecule has 0 aliphatic carbocycles. The Morgan fingerprint density at radius 1 is 1.00 bits per heavy atom. The second kappa shape index (κ2) is 6.85. The quantitative estimate of drug-likeness (QED) is 0.573. The summed E-state index contributed by atoms with van der Waals surface area (Å²) in [7, 11) is 0. The number of nitrogens with two attached hydrogens (primary N) is 1. The van der Waals surface area contributed by atoms with Crippen molar-refractivity contribution in [3.8, 4) is 11.4 Å². The van der Waals surface area contributed by atoms with E-state index in [1.54, 1.807) is 11.8 Å². The van der Waals surface area contributed by atoms with E-state index >= 15 is 0 Å². The van der Waals surface area contributed by atoms with Gasteiger partial charge in [0.1, 0.15) is 0 Å². The largest absolute Gasteiger partial charge is 0.335 e. The molecular weight excluding hydrogens is 316 g/mol. The van der Waals surface area contributed by atoms with Crippen molar-refractivity contribution >= 4 is 23.4 Å². The topological polar surface area (TPSA) is 56.7 Å². The van der Waals surface area contributed by atoms with Crippen LogP contribution >= 0.6 is 23.4 Å². The molecule has 0 saturated carbocycles. The highest BCUT2D eigenvalue weighted by atomic mass is 35.5. The zero-order valence-corrected chi connectivity index (χ0v) is 13.4. The molecule has 0 atom stereocenters. The van der Waals surface area contributed by atoms with E-state index in [1.165, 1.54) is 10.2 Å². The predicted molar refractivity (Wildman–Crippen MR) is 91.5 cm³/mol. The number of hydrogen-bond acceptors (Lipinski definition) is 4. The Kier molecular flexibility index (Phi) is 4.65. The molecule has 0 aliphatic rings. The predicted octanol–water partition coefficient (Wildman–Crippen LogP) is 3.65. The fourth-order valence-electron chi connectivity index (χ4n) is 2.08. The van der Waals surface area contributed by atoms with Crippen molar-refractivity contribution in [1.82, 2.24) is 14.9 Å². The van der Waals surface area contributed by atoms with E-state index < -0.39 is 0 Å². The highest BCUT2D eigenvalue weighted by Crippen LogP contribution is 2.23. The molecule has 0 bridgehead atoms. The lowest BCUT2D eigenvalue weighted by Crippen LogP contribution is -2.11. The van der Waals surface area contributed by atoms with Gasteiger partial charge in [0.15, 0.2) is 5.82 Å². The molecule has 1 heterocycles. The van der Waals surface area contributed by atoms with E-state index in [0.717, 1.165) is 17.7 Å². The molecular formula is C16H15ClN4S. The van der Waals surface area contributed by atoms with Gasteiger partial charge in [-0.1, -0.05) is 53.7 Å². The van der Waals surface area contributed by atoms with Gasteiger partial charge in [-0.3, -0.25) is 0 Å². The number of rotatable bonds is 5. The van der Waals surface area contributed by atoms with Crippen molar-refractivity contribution in [2.45, 2.75) is 11.6 Å². The summed E-state index contributed by atoms with van der Waals surface area (Å²) in [4.78, 5) is 0. The van der Waals surface area contributed by atoms with E-state index in [9.17, 15) is 0 Å². The second-order valence-corrected chi connectivity index (χ2v) is 6.27. The van der Waals surface area contributed by atoms with Gasteiger partial charge in [-0.05, 0) is 36.2 Å². The van der Waals surface area contributed by atoms with Gasteiger partial charge in [-0.2, -0.15) is 0 Å². The molecule has 112 valence electrons. The molecule has 4 nitrogen and oxygen atoms in total. The zero-order valence-electron chi connectivity index (χ0n) is 11.8. The molecule has 0 saturated heterocycles. The Hall–Kier alpha value is -1.98. The van der Waals surface area contributed by atoms with Crippen LogP contribution < -0.4 is 5.84 Å². The maximum absolute atomic E-state index is 6.09. The van der Waals surface area contributed by atoms with Crippen molar-refractivity contribution < 1.29 is 0 Å². The SMILES string of the molecule is Nn1c(SCCc2ccccc2)nnc1-c1ccc(Cl)cc1. The van der Waals surface area contributed by atoms with Crippen LogP contribution in [0.15, 0.2) is 59.8 Å². The number of halogens is 1. The van der Waals surface area contributed by atoms with Gasteiger partial charge >= 0.3 is 0 Å². The minimum Gasteiger partial charge on any atom is -0.335 e. The third-order valence-electron chi connectivity index (χ3n) is 3.23. The Balaban J connectivity index is 1.67. The molecule has 2 aromatic carbocycles. The monoisotopic (exact) mass is 330 g/mol. The van der Waals surface area contributed by atoms with Crippen LogP contribution in [-0.4, -0.2) is 20.6 Å². The first-order valence-electron chi connectivity index (χ1n) is 6.87. The van der Waals surface area contributed by atoms with Crippen LogP contribution in [0.2, 0.25) is 5.02 Å². The normalized spacial score (nSPS) is 10.8. The van der Waals surface area contributed by atoms with Crippen LogP contribution in [0.3, 0.4) is 0 Å². The van der Waals surface area contributed by atoms with Crippen LogP contribution in [0.4, 0.5) is 0 Å². The van der Waals surface area contributed by atoms with Gasteiger partial charge < -0.3 is 5.84 Å². The molecule has 0 unspecified atom stereocenters. The van der Waals surface area contributed by atoms with Crippen LogP contribution in [-0.2, 0) is 6.42 Å². The molecule has 1 aromatic heterocycles. The van der Waals surface area contributed by atoms with E-state index in [1.807, 2.05) is 42.5 Å². The summed E-state index contributed by atoms with van der Waals surface area (Å²) >= 11 is 7.49. The van der Waals surface area contributed by atoms with Crippen molar-refractivity contribution in [3.63, 3.8) is 0 Å². The lowest BCUT2D eigenvalue weighted by atomic mass is 10.2. The van der Waals surface area contributed by atoms with Crippen LogP contribution in [0.25, 0.3) is 11.4 Å². The molecule has 6 heteroatoms. The molecule has 22 heavy (non-hydrogen) atoms. The minimum absolute atomic E-state index is 0.638. The highest BCUT2D eigenvalue weighted by Gasteiger charge is 2.11. The Labute approximate surface area is 138 Å². The molecule has 0 fully saturated rings. The number of aromatic nitrogens is 3. The first kappa shape index (κ1) is 14.9. The van der Waals surface area contributed by atoms with Crippen molar-refractivity contribution in [2.75, 3.05) is 11.6 Å². The fourth-order valence-corrected chi connectivity index (χ4v) is 3.05. The fraction of sp³-hybridized carbons (Fsp3) is 0.125. The second-order valence-electron chi connectivity index (χ2n) is 4.77. The van der Waals surface area contributed by atoms with Gasteiger partial charge in [-0.25, -0.2) is 4.68 Å². The van der Waals surface area contributed by atoms with Gasteiger partial charge in [-0.15, -0.1) is 10.2 Å². The summed E-state index contributed by atoms with van der Waals surface area (Å²) in [6, 6.07) is 17.7. The molecule has 0 aliphatic heterocycles. The standard InChI is InChI=1S/C16H15ClN4S/c17-14-8-6-13(7-9-14)15-19-20-16(21(15)18)22-11-10-12-4-2-1-3-5-12/h1-9H,10-11,18H2. The molecule has 0 amide bonds. The van der Waals surface area contributed by atoms with E-state index in [2.05, 4.69) is 22.3 Å². The number of thioether (sulfide) groups is 1. The average Bonchev–Trinajstić information content (AvgIpc) is 2.90. The van der Waals surface area contributed by atoms with Crippen molar-refractivity contribution in [3.05, 3.63) is 65.2 Å². The molecule has 0 radical (unpaired) electrons. The number of nitrogens with zero attached hydrogens (tertiary/aromatic N) is 3. The Morgan fingerprint density at radius 2 is 1.73 bits per heavy atom. The first-order chi connectivity index (χ1) is 10.7. The number of nitrogen functional groups attached to an aromatic ring is 1. The maximum atomic E-state index is 6.09. The summed E-state index contributed by atoms with van der Waals surface area (Å²) in [5, 5.41) is 9.72. The number of benzene rings is 2. The van der Waals surface area contributed by atoms with Gasteiger partial charge in [0.25, 0.3) is 0 Å². The number of aryl methyl sites for hydroxylation is 1. The van der Waals surface area contributed by atoms with Gasteiger partial charge in [0.05, 0.1) is 0 Å². The zero-order chi connectivity index (χ0) is 15.4.